The zero-order valence-corrected chi connectivity index (χ0v) is 13.5. The summed E-state index contributed by atoms with van der Waals surface area (Å²) in [5, 5.41) is 0.606. The van der Waals surface area contributed by atoms with Crippen molar-refractivity contribution in [2.24, 2.45) is 0 Å². The Morgan fingerprint density at radius 3 is 2.05 bits per heavy atom. The van der Waals surface area contributed by atoms with Crippen molar-refractivity contribution < 1.29 is 17.9 Å². The highest BCUT2D eigenvalue weighted by atomic mass is 35.5. The third-order valence-corrected chi connectivity index (χ3v) is 6.08. The van der Waals surface area contributed by atoms with Gasteiger partial charge in [0.05, 0.1) is 18.1 Å². The Kier molecular flexibility index (Phi) is 4.20. The quantitative estimate of drug-likeness (QED) is 0.821. The summed E-state index contributed by atoms with van der Waals surface area (Å²) in [6, 6.07) is 4.33. The van der Waals surface area contributed by atoms with E-state index in [2.05, 4.69) is 0 Å². The van der Waals surface area contributed by atoms with Gasteiger partial charge in [-0.1, -0.05) is 23.2 Å². The van der Waals surface area contributed by atoms with E-state index in [1.54, 1.807) is 0 Å². The van der Waals surface area contributed by atoms with E-state index >= 15 is 0 Å². The number of halogens is 2. The molecule has 3 rings (SSSR count). The largest absolute Gasteiger partial charge is 0.347 e. The van der Waals surface area contributed by atoms with Crippen molar-refractivity contribution in [3.63, 3.8) is 0 Å². The Morgan fingerprint density at radius 2 is 1.52 bits per heavy atom. The standard InChI is InChI=1S/C13H15Cl2NO4S/c14-10-7-11(15)9-12(8-10)21(17,18)16-3-1-13(2-4-16)19-5-6-20-13/h7-9H,1-6H2. The molecule has 116 valence electrons. The number of benzene rings is 1. The van der Waals surface area contributed by atoms with E-state index < -0.39 is 15.8 Å². The normalized spacial score (nSPS) is 22.8. The molecule has 2 saturated heterocycles. The van der Waals surface area contributed by atoms with E-state index in [1.807, 2.05) is 0 Å². The summed E-state index contributed by atoms with van der Waals surface area (Å²) in [6.45, 7) is 1.84. The number of ether oxygens (including phenoxy) is 2. The van der Waals surface area contributed by atoms with Gasteiger partial charge in [-0.2, -0.15) is 4.31 Å². The lowest BCUT2D eigenvalue weighted by molar-refractivity contribution is -0.179. The van der Waals surface area contributed by atoms with Gasteiger partial charge < -0.3 is 9.47 Å². The number of sulfonamides is 1. The van der Waals surface area contributed by atoms with Gasteiger partial charge in [-0.05, 0) is 18.2 Å². The molecule has 21 heavy (non-hydrogen) atoms. The SMILES string of the molecule is O=S(=O)(c1cc(Cl)cc(Cl)c1)N1CCC2(CC1)OCCO2. The van der Waals surface area contributed by atoms with Crippen molar-refractivity contribution in [1.29, 1.82) is 0 Å². The van der Waals surface area contributed by atoms with Gasteiger partial charge in [-0.3, -0.25) is 0 Å². The van der Waals surface area contributed by atoms with E-state index in [-0.39, 0.29) is 4.90 Å². The zero-order chi connectivity index (χ0) is 15.1. The van der Waals surface area contributed by atoms with Crippen molar-refractivity contribution in [3.8, 4) is 0 Å². The molecule has 0 N–H and O–H groups in total. The molecule has 0 aliphatic carbocycles. The first kappa shape index (κ1) is 15.5. The molecule has 0 radical (unpaired) electrons. The molecule has 0 saturated carbocycles. The molecule has 0 amide bonds. The van der Waals surface area contributed by atoms with Crippen LogP contribution in [0.5, 0.6) is 0 Å². The number of nitrogens with zero attached hydrogens (tertiary/aromatic N) is 1. The van der Waals surface area contributed by atoms with Crippen LogP contribution < -0.4 is 0 Å². The summed E-state index contributed by atoms with van der Waals surface area (Å²) in [6.07, 6.45) is 1.06. The smallest absolute Gasteiger partial charge is 0.243 e. The van der Waals surface area contributed by atoms with Gasteiger partial charge in [-0.25, -0.2) is 8.42 Å². The zero-order valence-electron chi connectivity index (χ0n) is 11.2. The third-order valence-electron chi connectivity index (χ3n) is 3.77. The fourth-order valence-corrected chi connectivity index (χ4v) is 4.85. The second-order valence-electron chi connectivity index (χ2n) is 5.12. The maximum Gasteiger partial charge on any atom is 0.243 e. The highest BCUT2D eigenvalue weighted by Crippen LogP contribution is 2.34. The van der Waals surface area contributed by atoms with Gasteiger partial charge in [0, 0.05) is 36.0 Å². The molecule has 1 aromatic carbocycles. The van der Waals surface area contributed by atoms with Crippen LogP contribution in [-0.2, 0) is 19.5 Å². The van der Waals surface area contributed by atoms with E-state index in [4.69, 9.17) is 32.7 Å². The lowest BCUT2D eigenvalue weighted by Crippen LogP contribution is -2.47. The van der Waals surface area contributed by atoms with Gasteiger partial charge >= 0.3 is 0 Å². The van der Waals surface area contributed by atoms with Crippen LogP contribution in [0.3, 0.4) is 0 Å². The van der Waals surface area contributed by atoms with E-state index in [9.17, 15) is 8.42 Å². The van der Waals surface area contributed by atoms with Crippen molar-refractivity contribution in [2.75, 3.05) is 26.3 Å². The molecule has 2 aliphatic heterocycles. The van der Waals surface area contributed by atoms with E-state index in [0.717, 1.165) is 0 Å². The van der Waals surface area contributed by atoms with Crippen LogP contribution in [0.2, 0.25) is 10.0 Å². The first-order chi connectivity index (χ1) is 9.91. The molecule has 0 atom stereocenters. The molecule has 2 heterocycles. The van der Waals surface area contributed by atoms with E-state index in [1.165, 1.54) is 22.5 Å². The predicted octanol–water partition coefficient (Wildman–Crippen LogP) is 2.52. The molecule has 0 unspecified atom stereocenters. The first-order valence-electron chi connectivity index (χ1n) is 6.66. The number of piperidine rings is 1. The van der Waals surface area contributed by atoms with Gasteiger partial charge in [0.15, 0.2) is 5.79 Å². The minimum absolute atomic E-state index is 0.115. The maximum atomic E-state index is 12.6. The fraction of sp³-hybridized carbons (Fsp3) is 0.538. The summed E-state index contributed by atoms with van der Waals surface area (Å²) < 4.78 is 37.9. The summed E-state index contributed by atoms with van der Waals surface area (Å²) in [5.41, 5.74) is 0. The van der Waals surface area contributed by atoms with Gasteiger partial charge in [-0.15, -0.1) is 0 Å². The average molecular weight is 352 g/mol. The minimum atomic E-state index is -3.60. The Labute approximate surface area is 133 Å². The summed E-state index contributed by atoms with van der Waals surface area (Å²) in [7, 11) is -3.60. The first-order valence-corrected chi connectivity index (χ1v) is 8.85. The van der Waals surface area contributed by atoms with Crippen LogP contribution in [0.1, 0.15) is 12.8 Å². The molecule has 0 aromatic heterocycles. The number of hydrogen-bond acceptors (Lipinski definition) is 4. The molecular weight excluding hydrogens is 337 g/mol. The summed E-state index contributed by atoms with van der Waals surface area (Å²) >= 11 is 11.8. The molecule has 0 bridgehead atoms. The lowest BCUT2D eigenvalue weighted by Gasteiger charge is -2.36. The second kappa shape index (κ2) is 5.68. The Hall–Kier alpha value is -0.370. The van der Waals surface area contributed by atoms with Gasteiger partial charge in [0.1, 0.15) is 0 Å². The number of hydrogen-bond donors (Lipinski definition) is 0. The Bertz CT molecular complexity index is 613. The Morgan fingerprint density at radius 1 is 1.00 bits per heavy atom. The monoisotopic (exact) mass is 351 g/mol. The van der Waals surface area contributed by atoms with Crippen LogP contribution in [0.15, 0.2) is 23.1 Å². The van der Waals surface area contributed by atoms with Crippen molar-refractivity contribution in [1.82, 2.24) is 4.31 Å². The van der Waals surface area contributed by atoms with Crippen LogP contribution in [0, 0.1) is 0 Å². The van der Waals surface area contributed by atoms with Crippen molar-refractivity contribution >= 4 is 33.2 Å². The van der Waals surface area contributed by atoms with Gasteiger partial charge in [0.2, 0.25) is 10.0 Å². The molecule has 5 nitrogen and oxygen atoms in total. The van der Waals surface area contributed by atoms with Crippen LogP contribution in [0.25, 0.3) is 0 Å². The average Bonchev–Trinajstić information content (AvgIpc) is 2.86. The third kappa shape index (κ3) is 3.06. The highest BCUT2D eigenvalue weighted by Gasteiger charge is 2.42. The summed E-state index contributed by atoms with van der Waals surface area (Å²) in [5.74, 6) is -0.599. The Balaban J connectivity index is 1.80. The molecular formula is C13H15Cl2NO4S. The summed E-state index contributed by atoms with van der Waals surface area (Å²) in [4.78, 5) is 0.115. The maximum absolute atomic E-state index is 12.6. The second-order valence-corrected chi connectivity index (χ2v) is 7.93. The molecule has 2 aliphatic rings. The number of rotatable bonds is 2. The fourth-order valence-electron chi connectivity index (χ4n) is 2.68. The predicted molar refractivity (Wildman–Crippen MR) is 79.1 cm³/mol. The van der Waals surface area contributed by atoms with Crippen molar-refractivity contribution in [3.05, 3.63) is 28.2 Å². The minimum Gasteiger partial charge on any atom is -0.347 e. The molecule has 2 fully saturated rings. The van der Waals surface area contributed by atoms with Gasteiger partial charge in [0.25, 0.3) is 0 Å². The van der Waals surface area contributed by atoms with Crippen molar-refractivity contribution in [2.45, 2.75) is 23.5 Å². The van der Waals surface area contributed by atoms with Crippen LogP contribution in [0.4, 0.5) is 0 Å². The van der Waals surface area contributed by atoms with Crippen LogP contribution >= 0.6 is 23.2 Å². The van der Waals surface area contributed by atoms with Crippen LogP contribution in [-0.4, -0.2) is 44.8 Å². The topological polar surface area (TPSA) is 55.8 Å². The molecule has 1 spiro atoms. The highest BCUT2D eigenvalue weighted by molar-refractivity contribution is 7.89. The lowest BCUT2D eigenvalue weighted by atomic mass is 10.1. The molecule has 1 aromatic rings. The molecule has 8 heteroatoms. The van der Waals surface area contributed by atoms with E-state index in [0.29, 0.717) is 49.2 Å².